The molecule has 0 radical (unpaired) electrons. The predicted octanol–water partition coefficient (Wildman–Crippen LogP) is 3.79. The standard InChI is InChI=1S/C26H28N2O2/c27-19-20-8-7-9-22(18-20)21-14-16-28(17-15-21)25(29)26(30,23-10-3-1-4-11-23)24-12-5-2-6-13-24/h1-13,18,21,30H,14-17,19,27H2. The number of rotatable bonds is 5. The van der Waals surface area contributed by atoms with Crippen molar-refractivity contribution in [2.45, 2.75) is 30.9 Å². The highest BCUT2D eigenvalue weighted by atomic mass is 16.3. The average molecular weight is 401 g/mol. The molecule has 1 amide bonds. The van der Waals surface area contributed by atoms with Gasteiger partial charge >= 0.3 is 0 Å². The maximum Gasteiger partial charge on any atom is 0.263 e. The highest BCUT2D eigenvalue weighted by Crippen LogP contribution is 2.35. The van der Waals surface area contributed by atoms with Gasteiger partial charge in [-0.05, 0) is 41.0 Å². The van der Waals surface area contributed by atoms with Crippen molar-refractivity contribution in [1.29, 1.82) is 0 Å². The van der Waals surface area contributed by atoms with Gasteiger partial charge in [-0.25, -0.2) is 0 Å². The number of carbonyl (C=O) groups excluding carboxylic acids is 1. The zero-order chi connectivity index (χ0) is 21.0. The summed E-state index contributed by atoms with van der Waals surface area (Å²) < 4.78 is 0. The van der Waals surface area contributed by atoms with Crippen LogP contribution in [0.5, 0.6) is 0 Å². The monoisotopic (exact) mass is 400 g/mol. The Labute approximate surface area is 178 Å². The number of hydrogen-bond donors (Lipinski definition) is 2. The van der Waals surface area contributed by atoms with Crippen LogP contribution in [0.2, 0.25) is 0 Å². The van der Waals surface area contributed by atoms with Gasteiger partial charge in [0, 0.05) is 19.6 Å². The number of nitrogens with zero attached hydrogens (tertiary/aromatic N) is 1. The van der Waals surface area contributed by atoms with E-state index in [1.54, 1.807) is 0 Å². The van der Waals surface area contributed by atoms with Crippen molar-refractivity contribution in [3.05, 3.63) is 107 Å². The van der Waals surface area contributed by atoms with Gasteiger partial charge in [-0.15, -0.1) is 0 Å². The van der Waals surface area contributed by atoms with Crippen molar-refractivity contribution in [3.63, 3.8) is 0 Å². The van der Waals surface area contributed by atoms with Gasteiger partial charge in [0.25, 0.3) is 5.91 Å². The van der Waals surface area contributed by atoms with Crippen molar-refractivity contribution in [3.8, 4) is 0 Å². The number of amides is 1. The van der Waals surface area contributed by atoms with Crippen LogP contribution >= 0.6 is 0 Å². The summed E-state index contributed by atoms with van der Waals surface area (Å²) in [6.45, 7) is 1.78. The molecule has 30 heavy (non-hydrogen) atoms. The molecule has 4 nitrogen and oxygen atoms in total. The van der Waals surface area contributed by atoms with Crippen LogP contribution in [0.25, 0.3) is 0 Å². The zero-order valence-corrected chi connectivity index (χ0v) is 17.1. The molecular formula is C26H28N2O2. The zero-order valence-electron chi connectivity index (χ0n) is 17.1. The van der Waals surface area contributed by atoms with Gasteiger partial charge in [0.1, 0.15) is 0 Å². The Balaban J connectivity index is 1.56. The smallest absolute Gasteiger partial charge is 0.263 e. The Morgan fingerprint density at radius 1 is 0.900 bits per heavy atom. The number of likely N-dealkylation sites (tertiary alicyclic amines) is 1. The van der Waals surface area contributed by atoms with Crippen LogP contribution in [-0.2, 0) is 16.9 Å². The van der Waals surface area contributed by atoms with Crippen molar-refractivity contribution in [1.82, 2.24) is 4.90 Å². The van der Waals surface area contributed by atoms with Gasteiger partial charge < -0.3 is 15.7 Å². The Morgan fingerprint density at radius 2 is 1.47 bits per heavy atom. The molecule has 0 unspecified atom stereocenters. The molecule has 0 saturated carbocycles. The molecule has 1 aliphatic rings. The van der Waals surface area contributed by atoms with Gasteiger partial charge in [0.2, 0.25) is 0 Å². The second-order valence-electron chi connectivity index (χ2n) is 7.96. The van der Waals surface area contributed by atoms with Crippen LogP contribution in [0.3, 0.4) is 0 Å². The van der Waals surface area contributed by atoms with Crippen LogP contribution in [0.1, 0.15) is 41.0 Å². The number of benzene rings is 3. The third-order valence-electron chi connectivity index (χ3n) is 6.13. The van der Waals surface area contributed by atoms with Crippen LogP contribution in [-0.4, -0.2) is 29.0 Å². The largest absolute Gasteiger partial charge is 0.372 e. The maximum absolute atomic E-state index is 13.6. The first kappa shape index (κ1) is 20.3. The molecule has 0 spiro atoms. The van der Waals surface area contributed by atoms with E-state index in [-0.39, 0.29) is 5.91 Å². The minimum absolute atomic E-state index is 0.256. The van der Waals surface area contributed by atoms with Crippen LogP contribution in [0.4, 0.5) is 0 Å². The van der Waals surface area contributed by atoms with Crippen LogP contribution in [0, 0.1) is 0 Å². The lowest BCUT2D eigenvalue weighted by atomic mass is 9.83. The third-order valence-corrected chi connectivity index (χ3v) is 6.13. The molecule has 4 heteroatoms. The van der Waals surface area contributed by atoms with E-state index >= 15 is 0 Å². The summed E-state index contributed by atoms with van der Waals surface area (Å²) in [4.78, 5) is 15.4. The molecule has 0 aliphatic carbocycles. The number of hydrogen-bond acceptors (Lipinski definition) is 3. The number of piperidine rings is 1. The first-order valence-corrected chi connectivity index (χ1v) is 10.5. The number of aliphatic hydroxyl groups is 1. The fourth-order valence-corrected chi connectivity index (χ4v) is 4.39. The molecule has 1 aliphatic heterocycles. The Hall–Kier alpha value is -2.95. The fourth-order valence-electron chi connectivity index (χ4n) is 4.39. The van der Waals surface area contributed by atoms with Gasteiger partial charge in [-0.2, -0.15) is 0 Å². The maximum atomic E-state index is 13.6. The Morgan fingerprint density at radius 3 is 2.00 bits per heavy atom. The minimum atomic E-state index is -1.69. The summed E-state index contributed by atoms with van der Waals surface area (Å²) in [7, 11) is 0. The molecule has 0 aromatic heterocycles. The average Bonchev–Trinajstić information content (AvgIpc) is 2.84. The lowest BCUT2D eigenvalue weighted by Gasteiger charge is -2.38. The van der Waals surface area contributed by atoms with E-state index in [1.165, 1.54) is 5.56 Å². The van der Waals surface area contributed by atoms with Gasteiger partial charge in [-0.1, -0.05) is 84.9 Å². The number of nitrogens with two attached hydrogens (primary N) is 1. The van der Waals surface area contributed by atoms with E-state index in [0.29, 0.717) is 36.7 Å². The lowest BCUT2D eigenvalue weighted by molar-refractivity contribution is -0.149. The van der Waals surface area contributed by atoms with Crippen molar-refractivity contribution in [2.24, 2.45) is 5.73 Å². The molecule has 3 aromatic rings. The molecule has 1 saturated heterocycles. The third kappa shape index (κ3) is 3.89. The summed E-state index contributed by atoms with van der Waals surface area (Å²) in [6, 6.07) is 26.9. The predicted molar refractivity (Wildman–Crippen MR) is 119 cm³/mol. The Kier molecular flexibility index (Phi) is 5.98. The van der Waals surface area contributed by atoms with E-state index < -0.39 is 5.60 Å². The minimum Gasteiger partial charge on any atom is -0.372 e. The molecular weight excluding hydrogens is 372 g/mol. The van der Waals surface area contributed by atoms with E-state index in [1.807, 2.05) is 71.6 Å². The van der Waals surface area contributed by atoms with Crippen molar-refractivity contribution in [2.75, 3.05) is 13.1 Å². The molecule has 154 valence electrons. The lowest BCUT2D eigenvalue weighted by Crippen LogP contribution is -2.50. The van der Waals surface area contributed by atoms with Crippen molar-refractivity contribution >= 4 is 5.91 Å². The Bertz CT molecular complexity index is 941. The molecule has 1 heterocycles. The van der Waals surface area contributed by atoms with Crippen LogP contribution in [0.15, 0.2) is 84.9 Å². The van der Waals surface area contributed by atoms with Crippen LogP contribution < -0.4 is 5.73 Å². The van der Waals surface area contributed by atoms with Gasteiger partial charge in [0.05, 0.1) is 0 Å². The second kappa shape index (κ2) is 8.82. The van der Waals surface area contributed by atoms with E-state index in [0.717, 1.165) is 18.4 Å². The topological polar surface area (TPSA) is 66.6 Å². The summed E-state index contributed by atoms with van der Waals surface area (Å²) in [5.74, 6) is 0.149. The van der Waals surface area contributed by atoms with E-state index in [9.17, 15) is 9.90 Å². The number of carbonyl (C=O) groups is 1. The second-order valence-corrected chi connectivity index (χ2v) is 7.96. The van der Waals surface area contributed by atoms with E-state index in [2.05, 4.69) is 18.2 Å². The van der Waals surface area contributed by atoms with Gasteiger partial charge in [-0.3, -0.25) is 4.79 Å². The molecule has 3 N–H and O–H groups in total. The summed E-state index contributed by atoms with van der Waals surface area (Å²) >= 11 is 0. The highest BCUT2D eigenvalue weighted by molar-refractivity contribution is 5.90. The molecule has 0 bridgehead atoms. The summed E-state index contributed by atoms with van der Waals surface area (Å²) in [5, 5.41) is 11.7. The summed E-state index contributed by atoms with van der Waals surface area (Å²) in [5.41, 5.74) is 7.71. The molecule has 4 rings (SSSR count). The first-order chi connectivity index (χ1) is 14.6. The SMILES string of the molecule is NCc1cccc(C2CCN(C(=O)C(O)(c3ccccc3)c3ccccc3)CC2)c1. The molecule has 1 fully saturated rings. The van der Waals surface area contributed by atoms with Crippen molar-refractivity contribution < 1.29 is 9.90 Å². The molecule has 0 atom stereocenters. The molecule has 3 aromatic carbocycles. The highest BCUT2D eigenvalue weighted by Gasteiger charge is 2.43. The van der Waals surface area contributed by atoms with Gasteiger partial charge in [0.15, 0.2) is 5.60 Å². The quantitative estimate of drug-likeness (QED) is 0.685. The summed E-state index contributed by atoms with van der Waals surface area (Å²) in [6.07, 6.45) is 1.75. The normalized spacial score (nSPS) is 15.2. The fraction of sp³-hybridized carbons (Fsp3) is 0.269. The first-order valence-electron chi connectivity index (χ1n) is 10.5. The van der Waals surface area contributed by atoms with E-state index in [4.69, 9.17) is 5.73 Å².